The van der Waals surface area contributed by atoms with Crippen LogP contribution < -0.4 is 4.74 Å². The van der Waals surface area contributed by atoms with Crippen molar-refractivity contribution in [3.05, 3.63) is 41.9 Å². The molecule has 0 amide bonds. The molecule has 27 heavy (non-hydrogen) atoms. The van der Waals surface area contributed by atoms with Crippen LogP contribution in [0.15, 0.2) is 30.5 Å². The van der Waals surface area contributed by atoms with Crippen molar-refractivity contribution in [2.45, 2.75) is 53.2 Å². The maximum absolute atomic E-state index is 12.2. The van der Waals surface area contributed by atoms with E-state index in [-0.39, 0.29) is 6.01 Å². The van der Waals surface area contributed by atoms with Gasteiger partial charge in [0.25, 0.3) is 0 Å². The lowest BCUT2D eigenvalue weighted by atomic mass is 10.1. The van der Waals surface area contributed by atoms with E-state index < -0.39 is 11.6 Å². The summed E-state index contributed by atoms with van der Waals surface area (Å²) >= 11 is 0. The first kappa shape index (κ1) is 18.8. The second-order valence-corrected chi connectivity index (χ2v) is 7.12. The molecular formula is C20H24N4O3. The van der Waals surface area contributed by atoms with E-state index in [1.807, 2.05) is 32.3 Å². The van der Waals surface area contributed by atoms with Crippen LogP contribution >= 0.6 is 0 Å². The van der Waals surface area contributed by atoms with Gasteiger partial charge in [-0.05, 0) is 45.9 Å². The number of esters is 1. The topological polar surface area (TPSA) is 79.1 Å². The Labute approximate surface area is 158 Å². The zero-order chi connectivity index (χ0) is 19.6. The van der Waals surface area contributed by atoms with Crippen molar-refractivity contribution in [2.24, 2.45) is 0 Å². The molecule has 0 saturated carbocycles. The molecule has 0 saturated heterocycles. The van der Waals surface area contributed by atoms with Crippen LogP contribution in [0.25, 0.3) is 11.2 Å². The van der Waals surface area contributed by atoms with Gasteiger partial charge in [-0.1, -0.05) is 13.0 Å². The minimum atomic E-state index is -0.558. The van der Waals surface area contributed by atoms with E-state index in [9.17, 15) is 4.79 Å². The number of hydrogen-bond donors (Lipinski definition) is 0. The lowest BCUT2D eigenvalue weighted by molar-refractivity contribution is 0.00691. The molecule has 2 aromatic heterocycles. The Morgan fingerprint density at radius 1 is 1.19 bits per heavy atom. The van der Waals surface area contributed by atoms with Crippen LogP contribution in [0, 0.1) is 0 Å². The number of aryl methyl sites for hydroxylation is 2. The van der Waals surface area contributed by atoms with Crippen LogP contribution in [0.4, 0.5) is 0 Å². The first-order valence-corrected chi connectivity index (χ1v) is 9.04. The molecule has 0 aliphatic heterocycles. The summed E-state index contributed by atoms with van der Waals surface area (Å²) in [4.78, 5) is 25.5. The number of nitrogens with zero attached hydrogens (tertiary/aromatic N) is 4. The molecule has 142 valence electrons. The monoisotopic (exact) mass is 368 g/mol. The number of carbonyl (C=O) groups is 1. The smallest absolute Gasteiger partial charge is 0.338 e. The average molecular weight is 368 g/mol. The van der Waals surface area contributed by atoms with Gasteiger partial charge >= 0.3 is 12.0 Å². The Balaban J connectivity index is 1.87. The summed E-state index contributed by atoms with van der Waals surface area (Å²) in [6.45, 7) is 10.4. The van der Waals surface area contributed by atoms with E-state index in [2.05, 4.69) is 21.9 Å². The number of aromatic nitrogens is 4. The molecule has 1 aromatic carbocycles. The Morgan fingerprint density at radius 2 is 1.96 bits per heavy atom. The standard InChI is InChI=1S/C20H24N4O3/c1-6-16-22-15-12-21-19(23-17(15)24(16)7-2)26-14-10-8-9-13(11-14)18(25)27-20(3,4)5/h8-12H,6-7H2,1-5H3. The van der Waals surface area contributed by atoms with Gasteiger partial charge in [0, 0.05) is 13.0 Å². The van der Waals surface area contributed by atoms with Gasteiger partial charge in [0.05, 0.1) is 11.8 Å². The third-order valence-corrected chi connectivity index (χ3v) is 3.85. The first-order valence-electron chi connectivity index (χ1n) is 9.04. The first-order chi connectivity index (χ1) is 12.8. The summed E-state index contributed by atoms with van der Waals surface area (Å²) in [5, 5.41) is 0. The van der Waals surface area contributed by atoms with E-state index >= 15 is 0 Å². The molecule has 7 heteroatoms. The fourth-order valence-corrected chi connectivity index (χ4v) is 2.73. The molecule has 2 heterocycles. The van der Waals surface area contributed by atoms with Crippen LogP contribution in [-0.4, -0.2) is 31.1 Å². The van der Waals surface area contributed by atoms with Crippen molar-refractivity contribution in [1.82, 2.24) is 19.5 Å². The van der Waals surface area contributed by atoms with Crippen LogP contribution in [0.3, 0.4) is 0 Å². The summed E-state index contributed by atoms with van der Waals surface area (Å²) in [5.41, 5.74) is 1.33. The fraction of sp³-hybridized carbons (Fsp3) is 0.400. The van der Waals surface area contributed by atoms with E-state index in [4.69, 9.17) is 9.47 Å². The molecule has 0 N–H and O–H groups in total. The number of ether oxygens (including phenoxy) is 2. The molecule has 3 rings (SSSR count). The van der Waals surface area contributed by atoms with Gasteiger partial charge in [-0.3, -0.25) is 0 Å². The van der Waals surface area contributed by atoms with Crippen LogP contribution in [0.2, 0.25) is 0 Å². The van der Waals surface area contributed by atoms with E-state index in [0.717, 1.165) is 30.0 Å². The minimum Gasteiger partial charge on any atom is -0.456 e. The highest BCUT2D eigenvalue weighted by molar-refractivity contribution is 5.90. The summed E-state index contributed by atoms with van der Waals surface area (Å²) in [5.74, 6) is 1.03. The van der Waals surface area contributed by atoms with Gasteiger partial charge < -0.3 is 14.0 Å². The molecule has 0 aliphatic carbocycles. The zero-order valence-corrected chi connectivity index (χ0v) is 16.3. The van der Waals surface area contributed by atoms with Crippen molar-refractivity contribution < 1.29 is 14.3 Å². The van der Waals surface area contributed by atoms with Gasteiger partial charge in [0.15, 0.2) is 5.65 Å². The van der Waals surface area contributed by atoms with Gasteiger partial charge in [-0.2, -0.15) is 4.98 Å². The maximum atomic E-state index is 12.2. The van der Waals surface area contributed by atoms with E-state index in [0.29, 0.717) is 11.3 Å². The number of carbonyl (C=O) groups excluding carboxylic acids is 1. The number of rotatable bonds is 5. The Bertz CT molecular complexity index is 973. The summed E-state index contributed by atoms with van der Waals surface area (Å²) in [7, 11) is 0. The molecule has 0 fully saturated rings. The van der Waals surface area contributed by atoms with E-state index in [1.54, 1.807) is 30.5 Å². The van der Waals surface area contributed by atoms with Crippen LogP contribution in [0.1, 0.15) is 50.8 Å². The number of fused-ring (bicyclic) bond motifs is 1. The largest absolute Gasteiger partial charge is 0.456 e. The fourth-order valence-electron chi connectivity index (χ4n) is 2.73. The third kappa shape index (κ3) is 4.24. The van der Waals surface area contributed by atoms with Gasteiger partial charge in [-0.15, -0.1) is 0 Å². The molecule has 0 aliphatic rings. The maximum Gasteiger partial charge on any atom is 0.338 e. The normalized spacial score (nSPS) is 11.6. The molecule has 0 radical (unpaired) electrons. The summed E-state index contributed by atoms with van der Waals surface area (Å²) in [6, 6.07) is 7.00. The van der Waals surface area contributed by atoms with Crippen molar-refractivity contribution in [2.75, 3.05) is 0 Å². The highest BCUT2D eigenvalue weighted by Gasteiger charge is 2.18. The number of imidazole rings is 1. The Kier molecular flexibility index (Phi) is 5.12. The Morgan fingerprint density at radius 3 is 2.63 bits per heavy atom. The lowest BCUT2D eigenvalue weighted by Crippen LogP contribution is -2.23. The zero-order valence-electron chi connectivity index (χ0n) is 16.3. The lowest BCUT2D eigenvalue weighted by Gasteiger charge is -2.19. The number of benzene rings is 1. The highest BCUT2D eigenvalue weighted by atomic mass is 16.6. The average Bonchev–Trinajstić information content (AvgIpc) is 2.97. The van der Waals surface area contributed by atoms with Gasteiger partial charge in [-0.25, -0.2) is 14.8 Å². The quantitative estimate of drug-likeness (QED) is 0.629. The predicted octanol–water partition coefficient (Wildman–Crippen LogP) is 4.16. The van der Waals surface area contributed by atoms with Crippen molar-refractivity contribution in [3.63, 3.8) is 0 Å². The van der Waals surface area contributed by atoms with Crippen molar-refractivity contribution >= 4 is 17.1 Å². The van der Waals surface area contributed by atoms with Gasteiger partial charge in [0.2, 0.25) is 0 Å². The third-order valence-electron chi connectivity index (χ3n) is 3.85. The Hall–Kier alpha value is -2.96. The molecule has 0 spiro atoms. The minimum absolute atomic E-state index is 0.209. The number of hydrogen-bond acceptors (Lipinski definition) is 6. The van der Waals surface area contributed by atoms with E-state index in [1.165, 1.54) is 0 Å². The van der Waals surface area contributed by atoms with Crippen molar-refractivity contribution in [1.29, 1.82) is 0 Å². The molecule has 0 unspecified atom stereocenters. The molecule has 7 nitrogen and oxygen atoms in total. The van der Waals surface area contributed by atoms with Crippen LogP contribution in [0.5, 0.6) is 11.8 Å². The highest BCUT2D eigenvalue weighted by Crippen LogP contribution is 2.23. The molecular weight excluding hydrogens is 344 g/mol. The summed E-state index contributed by atoms with van der Waals surface area (Å²) in [6.07, 6.45) is 2.47. The van der Waals surface area contributed by atoms with Gasteiger partial charge in [0.1, 0.15) is 22.7 Å². The van der Waals surface area contributed by atoms with Crippen molar-refractivity contribution in [3.8, 4) is 11.8 Å². The molecule has 0 bridgehead atoms. The second-order valence-electron chi connectivity index (χ2n) is 7.12. The second kappa shape index (κ2) is 7.34. The molecule has 0 atom stereocenters. The predicted molar refractivity (Wildman–Crippen MR) is 102 cm³/mol. The van der Waals surface area contributed by atoms with Crippen LogP contribution in [-0.2, 0) is 17.7 Å². The molecule has 3 aromatic rings. The summed E-state index contributed by atoms with van der Waals surface area (Å²) < 4.78 is 13.2. The SMILES string of the molecule is CCc1nc2cnc(Oc3cccc(C(=O)OC(C)(C)C)c3)nc2n1CC.